The molecule has 10 heteroatoms. The van der Waals surface area contributed by atoms with Crippen LogP contribution < -0.4 is 15.2 Å². The van der Waals surface area contributed by atoms with Crippen molar-refractivity contribution < 1.29 is 27.6 Å². The number of hydrogen-bond acceptors (Lipinski definition) is 6. The number of aromatic nitrogens is 1. The maximum absolute atomic E-state index is 12.0. The van der Waals surface area contributed by atoms with Crippen LogP contribution in [0.2, 0.25) is 0 Å². The Morgan fingerprint density at radius 2 is 2.17 bits per heavy atom. The van der Waals surface area contributed by atoms with Crippen LogP contribution in [0.3, 0.4) is 0 Å². The molecule has 0 saturated carbocycles. The first-order chi connectivity index (χ1) is 8.28. The fourth-order valence-corrected chi connectivity index (χ4v) is 1.21. The molecule has 0 spiro atoms. The third kappa shape index (κ3) is 3.20. The molecule has 7 nitrogen and oxygen atoms in total. The highest BCUT2D eigenvalue weighted by Gasteiger charge is 2.33. The SMILES string of the molecule is COc1c([N+](=O)[O-])cc(OC(F)(F)F)nc1CN. The number of methoxy groups -OCH3 is 1. The number of rotatable bonds is 4. The van der Waals surface area contributed by atoms with Gasteiger partial charge in [-0.15, -0.1) is 13.2 Å². The number of nitrogens with two attached hydrogens (primary N) is 1. The van der Waals surface area contributed by atoms with E-state index in [2.05, 4.69) is 9.72 Å². The molecule has 18 heavy (non-hydrogen) atoms. The molecular formula is C8H8F3N3O4. The minimum atomic E-state index is -5.00. The number of halogens is 3. The highest BCUT2D eigenvalue weighted by Crippen LogP contribution is 2.34. The quantitative estimate of drug-likeness (QED) is 0.652. The summed E-state index contributed by atoms with van der Waals surface area (Å²) in [5.74, 6) is -1.26. The van der Waals surface area contributed by atoms with Crippen molar-refractivity contribution in [1.82, 2.24) is 4.98 Å². The van der Waals surface area contributed by atoms with E-state index in [-0.39, 0.29) is 18.0 Å². The van der Waals surface area contributed by atoms with Crippen molar-refractivity contribution in [3.63, 3.8) is 0 Å². The zero-order valence-electron chi connectivity index (χ0n) is 9.02. The van der Waals surface area contributed by atoms with Crippen LogP contribution in [0.15, 0.2) is 6.07 Å². The Balaban J connectivity index is 3.32. The van der Waals surface area contributed by atoms with Gasteiger partial charge < -0.3 is 15.2 Å². The van der Waals surface area contributed by atoms with Crippen LogP contribution in [0.5, 0.6) is 11.6 Å². The van der Waals surface area contributed by atoms with Crippen molar-refractivity contribution in [2.45, 2.75) is 12.9 Å². The second kappa shape index (κ2) is 5.04. The molecule has 0 atom stereocenters. The van der Waals surface area contributed by atoms with Gasteiger partial charge in [0.1, 0.15) is 5.69 Å². The van der Waals surface area contributed by atoms with Crippen molar-refractivity contribution in [3.05, 3.63) is 21.9 Å². The van der Waals surface area contributed by atoms with Crippen LogP contribution in [0.25, 0.3) is 0 Å². The van der Waals surface area contributed by atoms with E-state index >= 15 is 0 Å². The monoisotopic (exact) mass is 267 g/mol. The maximum atomic E-state index is 12.0. The lowest BCUT2D eigenvalue weighted by molar-refractivity contribution is -0.386. The van der Waals surface area contributed by atoms with E-state index in [1.807, 2.05) is 0 Å². The molecule has 0 aliphatic carbocycles. The highest BCUT2D eigenvalue weighted by atomic mass is 19.4. The third-order valence-electron chi connectivity index (χ3n) is 1.81. The third-order valence-corrected chi connectivity index (χ3v) is 1.81. The molecule has 0 saturated heterocycles. The van der Waals surface area contributed by atoms with Gasteiger partial charge in [0.05, 0.1) is 18.1 Å². The molecule has 100 valence electrons. The first-order valence-corrected chi connectivity index (χ1v) is 4.46. The number of nitro groups is 1. The number of hydrogen-bond donors (Lipinski definition) is 1. The molecule has 0 fully saturated rings. The van der Waals surface area contributed by atoms with Gasteiger partial charge in [0, 0.05) is 6.54 Å². The van der Waals surface area contributed by atoms with Crippen LogP contribution in [0, 0.1) is 10.1 Å². The fourth-order valence-electron chi connectivity index (χ4n) is 1.21. The van der Waals surface area contributed by atoms with Crippen LogP contribution in [0.1, 0.15) is 5.69 Å². The predicted molar refractivity (Wildman–Crippen MR) is 52.0 cm³/mol. The second-order valence-electron chi connectivity index (χ2n) is 2.97. The molecule has 0 aliphatic rings. The standard InChI is InChI=1S/C8H8F3N3O4/c1-17-7-4(3-12)13-6(18-8(9,10)11)2-5(7)14(15)16/h2H,3,12H2,1H3. The molecule has 1 aromatic rings. The lowest BCUT2D eigenvalue weighted by Gasteiger charge is -2.11. The molecule has 0 bridgehead atoms. The van der Waals surface area contributed by atoms with E-state index in [1.165, 1.54) is 0 Å². The fraction of sp³-hybridized carbons (Fsp3) is 0.375. The molecule has 0 unspecified atom stereocenters. The van der Waals surface area contributed by atoms with Gasteiger partial charge in [0.2, 0.25) is 11.6 Å². The summed E-state index contributed by atoms with van der Waals surface area (Å²) >= 11 is 0. The van der Waals surface area contributed by atoms with Crippen LogP contribution in [-0.2, 0) is 6.54 Å². The Labute approximate surface area is 98.5 Å². The van der Waals surface area contributed by atoms with Crippen LogP contribution >= 0.6 is 0 Å². The van der Waals surface area contributed by atoms with Gasteiger partial charge in [-0.3, -0.25) is 10.1 Å². The minimum absolute atomic E-state index is 0.203. The van der Waals surface area contributed by atoms with Crippen molar-refractivity contribution >= 4 is 5.69 Å². The summed E-state index contributed by atoms with van der Waals surface area (Å²) in [6.45, 7) is -0.334. The van der Waals surface area contributed by atoms with E-state index in [9.17, 15) is 23.3 Å². The van der Waals surface area contributed by atoms with Gasteiger partial charge in [-0.25, -0.2) is 4.98 Å². The van der Waals surface area contributed by atoms with E-state index < -0.39 is 22.9 Å². The zero-order valence-corrected chi connectivity index (χ0v) is 9.02. The second-order valence-corrected chi connectivity index (χ2v) is 2.97. The average Bonchev–Trinajstić information content (AvgIpc) is 2.25. The number of ether oxygens (including phenoxy) is 2. The smallest absolute Gasteiger partial charge is 0.489 e. The van der Waals surface area contributed by atoms with Crippen molar-refractivity contribution in [3.8, 4) is 11.6 Å². The lowest BCUT2D eigenvalue weighted by atomic mass is 10.3. The van der Waals surface area contributed by atoms with E-state index in [0.717, 1.165) is 7.11 Å². The summed E-state index contributed by atoms with van der Waals surface area (Å²) in [6, 6.07) is 0.519. The highest BCUT2D eigenvalue weighted by molar-refractivity contribution is 5.51. The van der Waals surface area contributed by atoms with Gasteiger partial charge in [0.25, 0.3) is 0 Å². The van der Waals surface area contributed by atoms with Crippen molar-refractivity contribution in [2.24, 2.45) is 5.73 Å². The molecule has 1 heterocycles. The Bertz CT molecular complexity index is 464. The molecule has 1 aromatic heterocycles. The molecule has 0 radical (unpaired) electrons. The lowest BCUT2D eigenvalue weighted by Crippen LogP contribution is -2.19. The van der Waals surface area contributed by atoms with Crippen molar-refractivity contribution in [1.29, 1.82) is 0 Å². The predicted octanol–water partition coefficient (Wildman–Crippen LogP) is 1.36. The molecule has 0 aromatic carbocycles. The molecule has 0 amide bonds. The maximum Gasteiger partial charge on any atom is 0.574 e. The zero-order chi connectivity index (χ0) is 13.9. The van der Waals surface area contributed by atoms with Crippen LogP contribution in [-0.4, -0.2) is 23.4 Å². The average molecular weight is 267 g/mol. The van der Waals surface area contributed by atoms with E-state index in [0.29, 0.717) is 6.07 Å². The van der Waals surface area contributed by atoms with Crippen molar-refractivity contribution in [2.75, 3.05) is 7.11 Å². The van der Waals surface area contributed by atoms with Gasteiger partial charge in [0.15, 0.2) is 0 Å². The van der Waals surface area contributed by atoms with E-state index in [4.69, 9.17) is 10.5 Å². The minimum Gasteiger partial charge on any atom is -0.489 e. The first kappa shape index (κ1) is 14.0. The molecule has 1 rings (SSSR count). The molecular weight excluding hydrogens is 259 g/mol. The summed E-state index contributed by atoms with van der Waals surface area (Å²) in [5.41, 5.74) is 4.32. The Hall–Kier alpha value is -2.10. The first-order valence-electron chi connectivity index (χ1n) is 4.46. The summed E-state index contributed by atoms with van der Waals surface area (Å²) in [6.07, 6.45) is -5.00. The number of alkyl halides is 3. The number of pyridine rings is 1. The normalized spacial score (nSPS) is 11.2. The van der Waals surface area contributed by atoms with E-state index in [1.54, 1.807) is 0 Å². The topological polar surface area (TPSA) is 101 Å². The van der Waals surface area contributed by atoms with Gasteiger partial charge in [-0.2, -0.15) is 0 Å². The molecule has 0 aliphatic heterocycles. The Morgan fingerprint density at radius 3 is 2.56 bits per heavy atom. The summed E-state index contributed by atoms with van der Waals surface area (Å²) < 4.78 is 44.2. The Morgan fingerprint density at radius 1 is 1.56 bits per heavy atom. The van der Waals surface area contributed by atoms with Gasteiger partial charge >= 0.3 is 12.0 Å². The summed E-state index contributed by atoms with van der Waals surface area (Å²) in [7, 11) is 1.12. The summed E-state index contributed by atoms with van der Waals surface area (Å²) in [4.78, 5) is 13.2. The van der Waals surface area contributed by atoms with Gasteiger partial charge in [-0.05, 0) is 0 Å². The van der Waals surface area contributed by atoms with Crippen LogP contribution in [0.4, 0.5) is 18.9 Å². The number of nitrogens with zero attached hydrogens (tertiary/aromatic N) is 2. The van der Waals surface area contributed by atoms with Gasteiger partial charge in [-0.1, -0.05) is 0 Å². The molecule has 2 N–H and O–H groups in total. The largest absolute Gasteiger partial charge is 0.574 e. The Kier molecular flexibility index (Phi) is 3.91. The summed E-state index contributed by atoms with van der Waals surface area (Å²) in [5, 5.41) is 10.7.